The minimum atomic E-state index is -0.837. The highest BCUT2D eigenvalue weighted by Crippen LogP contribution is 2.47. The molecule has 166 valence electrons. The minimum absolute atomic E-state index is 0.163. The van der Waals surface area contributed by atoms with Crippen LogP contribution in [0, 0.1) is 0 Å². The smallest absolute Gasteiger partial charge is 0.193 e. The van der Waals surface area contributed by atoms with E-state index in [-0.39, 0.29) is 10.8 Å². The molecule has 1 heterocycles. The molecule has 0 bridgehead atoms. The van der Waals surface area contributed by atoms with E-state index in [1.165, 1.54) is 0 Å². The number of phenolic OH excluding ortho intramolecular Hbond substituents is 1. The number of hydrogen-bond donors (Lipinski definition) is 1. The molecule has 0 radical (unpaired) electrons. The Morgan fingerprint density at radius 1 is 0.933 bits per heavy atom. The third kappa shape index (κ3) is 4.46. The van der Waals surface area contributed by atoms with Gasteiger partial charge in [0.1, 0.15) is 5.75 Å². The minimum Gasteiger partial charge on any atom is -0.507 e. The monoisotopic (exact) mass is 452 g/mol. The summed E-state index contributed by atoms with van der Waals surface area (Å²) in [6.07, 6.45) is 2.07. The van der Waals surface area contributed by atoms with Crippen LogP contribution in [0.5, 0.6) is 5.75 Å². The van der Waals surface area contributed by atoms with Crippen molar-refractivity contribution in [3.8, 4) is 5.75 Å². The molecule has 1 aromatic carbocycles. The van der Waals surface area contributed by atoms with E-state index in [1.54, 1.807) is 0 Å². The van der Waals surface area contributed by atoms with Gasteiger partial charge in [-0.2, -0.15) is 0 Å². The van der Waals surface area contributed by atoms with Gasteiger partial charge in [-0.05, 0) is 52.9 Å². The van der Waals surface area contributed by atoms with Crippen molar-refractivity contribution in [1.82, 2.24) is 0 Å². The zero-order chi connectivity index (χ0) is 22.5. The first-order valence-electron chi connectivity index (χ1n) is 10.7. The fourth-order valence-corrected chi connectivity index (χ4v) is 4.81. The Hall–Kier alpha value is -1.00. The first-order valence-corrected chi connectivity index (χ1v) is 11.4. The van der Waals surface area contributed by atoms with Crippen LogP contribution in [-0.4, -0.2) is 24.1 Å². The van der Waals surface area contributed by atoms with E-state index in [9.17, 15) is 5.11 Å². The molecule has 1 saturated heterocycles. The lowest BCUT2D eigenvalue weighted by molar-refractivity contribution is -0.131. The maximum atomic E-state index is 11.0. The van der Waals surface area contributed by atoms with E-state index in [0.717, 1.165) is 34.3 Å². The predicted octanol–water partition coefficient (Wildman–Crippen LogP) is 7.07. The van der Waals surface area contributed by atoms with Crippen molar-refractivity contribution >= 4 is 23.2 Å². The van der Waals surface area contributed by atoms with E-state index >= 15 is 0 Å². The van der Waals surface area contributed by atoms with E-state index in [0.29, 0.717) is 41.9 Å². The SMILES string of the molecule is CC1=C(Cl)C(Cl)=C(C2(CCc3cc(C(C)(C)C)c(O)c(C(C)(C)C)c3)OCCO2)C1. The van der Waals surface area contributed by atoms with Gasteiger partial charge < -0.3 is 14.6 Å². The van der Waals surface area contributed by atoms with Crippen LogP contribution >= 0.6 is 23.2 Å². The molecule has 0 saturated carbocycles. The molecule has 0 unspecified atom stereocenters. The number of phenols is 1. The fraction of sp³-hybridized carbons (Fsp3) is 0.600. The van der Waals surface area contributed by atoms with Crippen molar-refractivity contribution in [2.24, 2.45) is 0 Å². The standard InChI is InChI=1S/C25H34Cl2O3/c1-15-12-17(21(27)20(15)26)25(29-10-11-30-25)9-8-16-13-18(23(2,3)4)22(28)19(14-16)24(5,6)7/h13-14,28H,8-12H2,1-7H3. The molecular weight excluding hydrogens is 419 g/mol. The second kappa shape index (κ2) is 8.16. The molecule has 1 N–H and O–H groups in total. The average Bonchev–Trinajstić information content (AvgIpc) is 3.20. The quantitative estimate of drug-likeness (QED) is 0.530. The van der Waals surface area contributed by atoms with Gasteiger partial charge >= 0.3 is 0 Å². The fourth-order valence-electron chi connectivity index (χ4n) is 4.26. The number of aromatic hydroxyl groups is 1. The molecule has 1 aliphatic heterocycles. The molecular formula is C25H34Cl2O3. The first kappa shape index (κ1) is 23.7. The van der Waals surface area contributed by atoms with Crippen LogP contribution in [0.2, 0.25) is 0 Å². The molecule has 3 nitrogen and oxygen atoms in total. The Bertz CT molecular complexity index is 857. The molecule has 0 amide bonds. The Kier molecular flexibility index (Phi) is 6.44. The van der Waals surface area contributed by atoms with E-state index in [2.05, 4.69) is 53.7 Å². The van der Waals surface area contributed by atoms with Gasteiger partial charge in [0.05, 0.1) is 23.3 Å². The number of benzene rings is 1. The summed E-state index contributed by atoms with van der Waals surface area (Å²) in [6.45, 7) is 15.8. The third-order valence-corrected chi connectivity index (χ3v) is 7.04. The third-order valence-electron chi connectivity index (χ3n) is 6.02. The lowest BCUT2D eigenvalue weighted by atomic mass is 9.78. The molecule has 1 aromatic rings. The molecule has 1 fully saturated rings. The Morgan fingerprint density at radius 2 is 1.43 bits per heavy atom. The van der Waals surface area contributed by atoms with Crippen LogP contribution in [0.25, 0.3) is 0 Å². The summed E-state index contributed by atoms with van der Waals surface area (Å²) >= 11 is 12.9. The van der Waals surface area contributed by atoms with Crippen molar-refractivity contribution < 1.29 is 14.6 Å². The molecule has 2 aliphatic rings. The largest absolute Gasteiger partial charge is 0.507 e. The second-order valence-corrected chi connectivity index (χ2v) is 11.3. The van der Waals surface area contributed by atoms with Crippen molar-refractivity contribution in [3.05, 3.63) is 50.0 Å². The molecule has 0 aromatic heterocycles. The Labute approximate surface area is 191 Å². The van der Waals surface area contributed by atoms with Crippen molar-refractivity contribution in [2.75, 3.05) is 13.2 Å². The van der Waals surface area contributed by atoms with Crippen LogP contribution < -0.4 is 0 Å². The molecule has 1 aliphatic carbocycles. The molecule has 30 heavy (non-hydrogen) atoms. The summed E-state index contributed by atoms with van der Waals surface area (Å²) in [4.78, 5) is 0. The highest BCUT2D eigenvalue weighted by atomic mass is 35.5. The summed E-state index contributed by atoms with van der Waals surface area (Å²) in [5, 5.41) is 12.2. The van der Waals surface area contributed by atoms with Crippen LogP contribution in [0.4, 0.5) is 0 Å². The summed E-state index contributed by atoms with van der Waals surface area (Å²) in [5.41, 5.74) is 4.73. The van der Waals surface area contributed by atoms with E-state index in [4.69, 9.17) is 32.7 Å². The van der Waals surface area contributed by atoms with Gasteiger partial charge in [-0.1, -0.05) is 76.9 Å². The zero-order valence-electron chi connectivity index (χ0n) is 19.2. The average molecular weight is 453 g/mol. The van der Waals surface area contributed by atoms with Crippen molar-refractivity contribution in [2.45, 2.75) is 84.3 Å². The van der Waals surface area contributed by atoms with E-state index in [1.807, 2.05) is 6.92 Å². The Morgan fingerprint density at radius 3 is 1.83 bits per heavy atom. The van der Waals surface area contributed by atoms with Crippen LogP contribution in [0.1, 0.15) is 78.0 Å². The van der Waals surface area contributed by atoms with Crippen molar-refractivity contribution in [3.63, 3.8) is 0 Å². The topological polar surface area (TPSA) is 38.7 Å². The van der Waals surface area contributed by atoms with Gasteiger partial charge in [0.2, 0.25) is 0 Å². The van der Waals surface area contributed by atoms with Gasteiger partial charge in [-0.15, -0.1) is 0 Å². The summed E-state index contributed by atoms with van der Waals surface area (Å²) in [5.74, 6) is -0.439. The van der Waals surface area contributed by atoms with Gasteiger partial charge in [0, 0.05) is 12.0 Å². The van der Waals surface area contributed by atoms with Gasteiger partial charge in [-0.3, -0.25) is 0 Å². The normalized spacial score (nSPS) is 19.9. The zero-order valence-corrected chi connectivity index (χ0v) is 20.7. The van der Waals surface area contributed by atoms with Gasteiger partial charge in [0.25, 0.3) is 0 Å². The number of aryl methyl sites for hydroxylation is 1. The summed E-state index contributed by atoms with van der Waals surface area (Å²) in [6, 6.07) is 4.24. The molecule has 0 spiro atoms. The summed E-state index contributed by atoms with van der Waals surface area (Å²) < 4.78 is 12.3. The number of ether oxygens (including phenoxy) is 2. The van der Waals surface area contributed by atoms with Crippen LogP contribution in [0.3, 0.4) is 0 Å². The van der Waals surface area contributed by atoms with E-state index < -0.39 is 5.79 Å². The molecule has 0 atom stereocenters. The number of hydrogen-bond acceptors (Lipinski definition) is 3. The number of rotatable bonds is 4. The molecule has 3 rings (SSSR count). The highest BCUT2D eigenvalue weighted by Gasteiger charge is 2.44. The Balaban J connectivity index is 1.96. The first-order chi connectivity index (χ1) is 13.8. The molecule has 5 heteroatoms. The van der Waals surface area contributed by atoms with Crippen LogP contribution in [-0.2, 0) is 26.7 Å². The number of halogens is 2. The van der Waals surface area contributed by atoms with Crippen molar-refractivity contribution in [1.29, 1.82) is 0 Å². The maximum absolute atomic E-state index is 11.0. The van der Waals surface area contributed by atoms with Gasteiger partial charge in [-0.25, -0.2) is 0 Å². The van der Waals surface area contributed by atoms with Gasteiger partial charge in [0.15, 0.2) is 5.79 Å². The van der Waals surface area contributed by atoms with Crippen LogP contribution in [0.15, 0.2) is 33.3 Å². The summed E-state index contributed by atoms with van der Waals surface area (Å²) in [7, 11) is 0. The second-order valence-electron chi connectivity index (χ2n) is 10.6. The lowest BCUT2D eigenvalue weighted by Crippen LogP contribution is -2.33. The highest BCUT2D eigenvalue weighted by molar-refractivity contribution is 6.45. The number of allylic oxidation sites excluding steroid dienone is 3. The lowest BCUT2D eigenvalue weighted by Gasteiger charge is -2.31. The predicted molar refractivity (Wildman–Crippen MR) is 125 cm³/mol. The maximum Gasteiger partial charge on any atom is 0.193 e.